The fraction of sp³-hybridized carbons (Fsp3) is 0.111. The number of benzene rings is 1. The molecule has 0 bridgehead atoms. The molecule has 5 heteroatoms. The Bertz CT molecular complexity index is 821. The largest absolute Gasteiger partial charge is 0.497 e. The molecule has 5 nitrogen and oxygen atoms in total. The Hall–Kier alpha value is -3.08. The molecule has 23 heavy (non-hydrogen) atoms. The Morgan fingerprint density at radius 2 is 1.96 bits per heavy atom. The third-order valence-corrected chi connectivity index (χ3v) is 3.47. The molecule has 1 N–H and O–H groups in total. The van der Waals surface area contributed by atoms with Crippen LogP contribution in [0, 0.1) is 0 Å². The monoisotopic (exact) mass is 309 g/mol. The summed E-state index contributed by atoms with van der Waals surface area (Å²) in [5.41, 5.74) is 1.88. The van der Waals surface area contributed by atoms with E-state index in [9.17, 15) is 4.79 Å². The SMILES string of the molecule is COc1ccc(Cc2ccc(-c3cncc(C(=O)O)c3)o2)cc1. The lowest BCUT2D eigenvalue weighted by molar-refractivity contribution is 0.0696. The van der Waals surface area contributed by atoms with Gasteiger partial charge in [0.1, 0.15) is 17.3 Å². The van der Waals surface area contributed by atoms with E-state index in [0.717, 1.165) is 17.1 Å². The molecule has 0 fully saturated rings. The van der Waals surface area contributed by atoms with Crippen LogP contribution in [0.4, 0.5) is 0 Å². The highest BCUT2D eigenvalue weighted by Gasteiger charge is 2.09. The van der Waals surface area contributed by atoms with Crippen molar-refractivity contribution in [3.63, 3.8) is 0 Å². The van der Waals surface area contributed by atoms with Gasteiger partial charge in [-0.25, -0.2) is 4.79 Å². The van der Waals surface area contributed by atoms with Crippen LogP contribution in [-0.4, -0.2) is 23.2 Å². The number of carbonyl (C=O) groups is 1. The first-order valence-electron chi connectivity index (χ1n) is 7.06. The van der Waals surface area contributed by atoms with Gasteiger partial charge in [0.2, 0.25) is 0 Å². The van der Waals surface area contributed by atoms with Crippen LogP contribution in [0.5, 0.6) is 5.75 Å². The summed E-state index contributed by atoms with van der Waals surface area (Å²) in [4.78, 5) is 14.9. The Morgan fingerprint density at radius 3 is 2.65 bits per heavy atom. The summed E-state index contributed by atoms with van der Waals surface area (Å²) in [7, 11) is 1.63. The molecule has 0 aliphatic rings. The number of aromatic nitrogens is 1. The van der Waals surface area contributed by atoms with Crippen LogP contribution in [0.1, 0.15) is 21.7 Å². The van der Waals surface area contributed by atoms with E-state index in [1.165, 1.54) is 6.20 Å². The van der Waals surface area contributed by atoms with Crippen LogP contribution in [-0.2, 0) is 6.42 Å². The van der Waals surface area contributed by atoms with Crippen molar-refractivity contribution in [1.29, 1.82) is 0 Å². The first-order chi connectivity index (χ1) is 11.2. The third-order valence-electron chi connectivity index (χ3n) is 3.47. The minimum Gasteiger partial charge on any atom is -0.497 e. The Balaban J connectivity index is 1.79. The van der Waals surface area contributed by atoms with Crippen molar-refractivity contribution in [3.05, 3.63) is 71.7 Å². The predicted molar refractivity (Wildman–Crippen MR) is 84.7 cm³/mol. The van der Waals surface area contributed by atoms with Crippen LogP contribution in [0.15, 0.2) is 59.3 Å². The number of pyridine rings is 1. The molecule has 0 saturated heterocycles. The van der Waals surface area contributed by atoms with Crippen LogP contribution in [0.3, 0.4) is 0 Å². The standard InChI is InChI=1S/C18H15NO4/c1-22-15-4-2-12(3-5-15)8-16-6-7-17(23-16)13-9-14(18(20)21)11-19-10-13/h2-7,9-11H,8H2,1H3,(H,20,21). The fourth-order valence-corrected chi connectivity index (χ4v) is 2.26. The second kappa shape index (κ2) is 6.36. The van der Waals surface area contributed by atoms with Gasteiger partial charge in [0.25, 0.3) is 0 Å². The summed E-state index contributed by atoms with van der Waals surface area (Å²) in [5, 5.41) is 9.02. The van der Waals surface area contributed by atoms with Crippen LogP contribution >= 0.6 is 0 Å². The molecule has 0 aliphatic carbocycles. The van der Waals surface area contributed by atoms with Gasteiger partial charge in [-0.05, 0) is 35.9 Å². The number of nitrogens with zero attached hydrogens (tertiary/aromatic N) is 1. The Labute approximate surface area is 133 Å². The van der Waals surface area contributed by atoms with E-state index in [2.05, 4.69) is 4.98 Å². The van der Waals surface area contributed by atoms with Gasteiger partial charge in [0.15, 0.2) is 0 Å². The van der Waals surface area contributed by atoms with Gasteiger partial charge in [-0.1, -0.05) is 12.1 Å². The number of hydrogen-bond donors (Lipinski definition) is 1. The number of hydrogen-bond acceptors (Lipinski definition) is 4. The van der Waals surface area contributed by atoms with Gasteiger partial charge in [-0.3, -0.25) is 4.98 Å². The van der Waals surface area contributed by atoms with Crippen LogP contribution < -0.4 is 4.74 Å². The van der Waals surface area contributed by atoms with E-state index < -0.39 is 5.97 Å². The normalized spacial score (nSPS) is 10.5. The molecule has 2 heterocycles. The summed E-state index contributed by atoms with van der Waals surface area (Å²) in [6.07, 6.45) is 3.55. The molecule has 2 aromatic heterocycles. The van der Waals surface area contributed by atoms with Crippen molar-refractivity contribution in [2.24, 2.45) is 0 Å². The molecular weight excluding hydrogens is 294 g/mol. The number of carboxylic acids is 1. The molecule has 0 saturated carbocycles. The number of methoxy groups -OCH3 is 1. The lowest BCUT2D eigenvalue weighted by atomic mass is 10.1. The van der Waals surface area contributed by atoms with Crippen LogP contribution in [0.2, 0.25) is 0 Å². The Morgan fingerprint density at radius 1 is 1.17 bits per heavy atom. The molecule has 1 aromatic carbocycles. The maximum absolute atomic E-state index is 11.0. The third kappa shape index (κ3) is 3.40. The molecule has 0 unspecified atom stereocenters. The minimum atomic E-state index is -1.01. The van der Waals surface area contributed by atoms with Gasteiger partial charge in [-0.15, -0.1) is 0 Å². The fourth-order valence-electron chi connectivity index (χ4n) is 2.26. The lowest BCUT2D eigenvalue weighted by Crippen LogP contribution is -1.96. The van der Waals surface area contributed by atoms with E-state index >= 15 is 0 Å². The molecule has 3 rings (SSSR count). The van der Waals surface area contributed by atoms with Crippen molar-refractivity contribution in [2.75, 3.05) is 7.11 Å². The zero-order valence-electron chi connectivity index (χ0n) is 12.5. The van der Waals surface area contributed by atoms with E-state index in [1.54, 1.807) is 19.4 Å². The van der Waals surface area contributed by atoms with Crippen LogP contribution in [0.25, 0.3) is 11.3 Å². The quantitative estimate of drug-likeness (QED) is 0.779. The zero-order chi connectivity index (χ0) is 16.2. The van der Waals surface area contributed by atoms with Crippen molar-refractivity contribution in [2.45, 2.75) is 6.42 Å². The first-order valence-corrected chi connectivity index (χ1v) is 7.06. The summed E-state index contributed by atoms with van der Waals surface area (Å²) < 4.78 is 10.9. The topological polar surface area (TPSA) is 72.6 Å². The smallest absolute Gasteiger partial charge is 0.337 e. The van der Waals surface area contributed by atoms with Crippen molar-refractivity contribution in [3.8, 4) is 17.1 Å². The first kappa shape index (κ1) is 14.8. The molecule has 0 amide bonds. The molecule has 0 radical (unpaired) electrons. The van der Waals surface area contributed by atoms with Gasteiger partial charge >= 0.3 is 5.97 Å². The number of aromatic carboxylic acids is 1. The summed E-state index contributed by atoms with van der Waals surface area (Å²) in [6.45, 7) is 0. The molecule has 116 valence electrons. The van der Waals surface area contributed by atoms with E-state index in [0.29, 0.717) is 17.7 Å². The predicted octanol–water partition coefficient (Wildman–Crippen LogP) is 3.64. The van der Waals surface area contributed by atoms with Gasteiger partial charge in [-0.2, -0.15) is 0 Å². The average molecular weight is 309 g/mol. The summed E-state index contributed by atoms with van der Waals surface area (Å²) in [6, 6.07) is 13.0. The molecule has 0 spiro atoms. The highest BCUT2D eigenvalue weighted by Crippen LogP contribution is 2.24. The minimum absolute atomic E-state index is 0.135. The number of ether oxygens (including phenoxy) is 1. The van der Waals surface area contributed by atoms with Gasteiger partial charge in [0, 0.05) is 24.4 Å². The zero-order valence-corrected chi connectivity index (χ0v) is 12.5. The highest BCUT2D eigenvalue weighted by atomic mass is 16.5. The average Bonchev–Trinajstić information content (AvgIpc) is 3.04. The Kier molecular flexibility index (Phi) is 4.10. The maximum Gasteiger partial charge on any atom is 0.337 e. The van der Waals surface area contributed by atoms with Gasteiger partial charge < -0.3 is 14.3 Å². The summed E-state index contributed by atoms with van der Waals surface area (Å²) >= 11 is 0. The van der Waals surface area contributed by atoms with E-state index in [4.69, 9.17) is 14.3 Å². The maximum atomic E-state index is 11.0. The highest BCUT2D eigenvalue weighted by molar-refractivity contribution is 5.88. The molecule has 3 aromatic rings. The van der Waals surface area contributed by atoms with Crippen molar-refractivity contribution in [1.82, 2.24) is 4.98 Å². The van der Waals surface area contributed by atoms with E-state index in [1.807, 2.05) is 36.4 Å². The lowest BCUT2D eigenvalue weighted by Gasteiger charge is -2.02. The molecular formula is C18H15NO4. The number of furan rings is 1. The summed E-state index contributed by atoms with van der Waals surface area (Å²) in [5.74, 6) is 1.20. The van der Waals surface area contributed by atoms with E-state index in [-0.39, 0.29) is 5.56 Å². The second-order valence-electron chi connectivity index (χ2n) is 5.06. The molecule has 0 atom stereocenters. The number of rotatable bonds is 5. The van der Waals surface area contributed by atoms with Crippen molar-refractivity contribution >= 4 is 5.97 Å². The second-order valence-corrected chi connectivity index (χ2v) is 5.06. The number of carboxylic acid groups (broad SMARTS) is 1. The molecule has 0 aliphatic heterocycles. The van der Waals surface area contributed by atoms with Gasteiger partial charge in [0.05, 0.1) is 12.7 Å². The van der Waals surface area contributed by atoms with Crippen molar-refractivity contribution < 1.29 is 19.1 Å².